The summed E-state index contributed by atoms with van der Waals surface area (Å²) in [4.78, 5) is 65.6. The molecule has 266 valence electrons. The van der Waals surface area contributed by atoms with Gasteiger partial charge in [-0.1, -0.05) is 63.7 Å². The predicted octanol–water partition coefficient (Wildman–Crippen LogP) is 6.58. The van der Waals surface area contributed by atoms with Crippen molar-refractivity contribution in [1.29, 1.82) is 0 Å². The van der Waals surface area contributed by atoms with Crippen LogP contribution >= 0.6 is 0 Å². The van der Waals surface area contributed by atoms with Gasteiger partial charge in [-0.15, -0.1) is 0 Å². The normalized spacial score (nSPS) is 30.1. The molecule has 2 aromatic carbocycles. The lowest BCUT2D eigenvalue weighted by atomic mass is 9.49. The van der Waals surface area contributed by atoms with Crippen molar-refractivity contribution in [1.82, 2.24) is 0 Å². The SMILES string of the molecule is C=C1[C@@H](OC(=O)c2ccccc2)CC[C@@]2(C)[C@@H](OC(C)=O)[C@H](OC(C)=O)C3=C(C)[C@H](OC(=O)c4ccccc4)C[C@@H]([C@@H](OC(C)=O)[C@H]12)C3(C)C. The molecule has 0 N–H and O–H groups in total. The Kier molecular flexibility index (Phi) is 10.4. The van der Waals surface area contributed by atoms with Crippen LogP contribution in [0.4, 0.5) is 0 Å². The van der Waals surface area contributed by atoms with E-state index in [1.165, 1.54) is 20.8 Å². The Hall–Kier alpha value is -4.73. The standard InChI is InChI=1S/C40H46O10/c1-22-30(49-37(44)27-15-11-9-12-16-27)19-20-40(8)33(22)34(46-24(3)41)29-21-31(50-38(45)28-17-13-10-14-18-28)23(2)32(39(29,6)7)35(47-25(4)42)36(40)48-26(5)43/h9-18,29-31,33-36H,1,19-21H2,2-8H3/t29-,30-,31+,33-,34+,35+,36-,40+/m0/s1. The molecule has 0 heterocycles. The van der Waals surface area contributed by atoms with Gasteiger partial charge in [0.1, 0.15) is 24.4 Å². The first-order valence-corrected chi connectivity index (χ1v) is 17.0. The number of hydrogen-bond donors (Lipinski definition) is 0. The lowest BCUT2D eigenvalue weighted by molar-refractivity contribution is -0.203. The highest BCUT2D eigenvalue weighted by atomic mass is 16.6. The predicted molar refractivity (Wildman–Crippen MR) is 183 cm³/mol. The van der Waals surface area contributed by atoms with Gasteiger partial charge in [-0.25, -0.2) is 9.59 Å². The number of hydrogen-bond acceptors (Lipinski definition) is 10. The van der Waals surface area contributed by atoms with Gasteiger partial charge in [0, 0.05) is 38.0 Å². The van der Waals surface area contributed by atoms with E-state index >= 15 is 0 Å². The van der Waals surface area contributed by atoms with Crippen LogP contribution in [0.1, 0.15) is 88.4 Å². The quantitative estimate of drug-likeness (QED) is 0.179. The van der Waals surface area contributed by atoms with E-state index in [2.05, 4.69) is 6.58 Å². The maximum Gasteiger partial charge on any atom is 0.338 e. The summed E-state index contributed by atoms with van der Waals surface area (Å²) in [6.45, 7) is 16.0. The Bertz CT molecular complexity index is 1690. The molecule has 0 aliphatic heterocycles. The largest absolute Gasteiger partial charge is 0.462 e. The molecule has 2 saturated carbocycles. The van der Waals surface area contributed by atoms with Gasteiger partial charge in [0.2, 0.25) is 0 Å². The monoisotopic (exact) mass is 686 g/mol. The van der Waals surface area contributed by atoms with Gasteiger partial charge in [-0.2, -0.15) is 0 Å². The van der Waals surface area contributed by atoms with Crippen molar-refractivity contribution in [3.63, 3.8) is 0 Å². The zero-order valence-electron chi connectivity index (χ0n) is 29.7. The Morgan fingerprint density at radius 1 is 0.700 bits per heavy atom. The Labute approximate surface area is 293 Å². The highest BCUT2D eigenvalue weighted by molar-refractivity contribution is 5.90. The molecule has 50 heavy (non-hydrogen) atoms. The molecule has 8 atom stereocenters. The summed E-state index contributed by atoms with van der Waals surface area (Å²) in [6.07, 6.45) is -3.71. The summed E-state index contributed by atoms with van der Waals surface area (Å²) < 4.78 is 30.8. The molecule has 2 bridgehead atoms. The molecule has 10 nitrogen and oxygen atoms in total. The maximum absolute atomic E-state index is 13.5. The number of benzene rings is 2. The van der Waals surface area contributed by atoms with Crippen LogP contribution in [-0.4, -0.2) is 60.4 Å². The average molecular weight is 687 g/mol. The lowest BCUT2D eigenvalue weighted by Gasteiger charge is -2.60. The molecule has 0 radical (unpaired) electrons. The fourth-order valence-electron chi connectivity index (χ4n) is 8.59. The van der Waals surface area contributed by atoms with E-state index in [-0.39, 0.29) is 6.42 Å². The molecule has 0 aromatic heterocycles. The zero-order valence-corrected chi connectivity index (χ0v) is 29.7. The average Bonchev–Trinajstić information content (AvgIpc) is 3.05. The minimum atomic E-state index is -1.09. The van der Waals surface area contributed by atoms with Crippen LogP contribution in [0.5, 0.6) is 0 Å². The molecule has 0 unspecified atom stereocenters. The third kappa shape index (κ3) is 6.98. The molecule has 10 heteroatoms. The number of ether oxygens (including phenoxy) is 5. The molecule has 2 aromatic rings. The summed E-state index contributed by atoms with van der Waals surface area (Å²) >= 11 is 0. The fraction of sp³-hybridized carbons (Fsp3) is 0.475. The Morgan fingerprint density at radius 2 is 1.20 bits per heavy atom. The van der Waals surface area contributed by atoms with Crippen LogP contribution in [0.15, 0.2) is 84.0 Å². The first-order valence-electron chi connectivity index (χ1n) is 17.0. The van der Waals surface area contributed by atoms with E-state index in [0.29, 0.717) is 40.7 Å². The van der Waals surface area contributed by atoms with Crippen molar-refractivity contribution in [2.45, 2.75) is 98.2 Å². The number of fused-ring (bicyclic) bond motifs is 3. The third-order valence-electron chi connectivity index (χ3n) is 10.8. The van der Waals surface area contributed by atoms with Crippen molar-refractivity contribution < 1.29 is 47.7 Å². The van der Waals surface area contributed by atoms with Crippen molar-refractivity contribution in [2.75, 3.05) is 0 Å². The highest BCUT2D eigenvalue weighted by Gasteiger charge is 2.64. The third-order valence-corrected chi connectivity index (χ3v) is 10.8. The zero-order chi connectivity index (χ0) is 36.5. The Balaban J connectivity index is 1.70. The first-order chi connectivity index (χ1) is 23.6. The topological polar surface area (TPSA) is 132 Å². The molecule has 0 spiro atoms. The van der Waals surface area contributed by atoms with Crippen molar-refractivity contribution in [3.05, 3.63) is 95.1 Å². The van der Waals surface area contributed by atoms with Crippen LogP contribution in [0.2, 0.25) is 0 Å². The number of rotatable bonds is 7. The van der Waals surface area contributed by atoms with Gasteiger partial charge in [-0.3, -0.25) is 14.4 Å². The second-order valence-electron chi connectivity index (χ2n) is 14.4. The van der Waals surface area contributed by atoms with Crippen LogP contribution < -0.4 is 0 Å². The molecule has 0 saturated heterocycles. The van der Waals surface area contributed by atoms with Crippen LogP contribution in [0.3, 0.4) is 0 Å². The summed E-state index contributed by atoms with van der Waals surface area (Å²) in [6, 6.07) is 17.2. The van der Waals surface area contributed by atoms with E-state index in [9.17, 15) is 24.0 Å². The first kappa shape index (κ1) is 36.5. The van der Waals surface area contributed by atoms with E-state index in [1.54, 1.807) is 60.7 Å². The molecule has 3 aliphatic rings. The fourth-order valence-corrected chi connectivity index (χ4v) is 8.59. The van der Waals surface area contributed by atoms with E-state index < -0.39 is 83.0 Å². The number of esters is 5. The minimum absolute atomic E-state index is 0.262. The molecule has 2 fully saturated rings. The highest BCUT2D eigenvalue weighted by Crippen LogP contribution is 2.61. The van der Waals surface area contributed by atoms with Crippen molar-refractivity contribution in [2.24, 2.45) is 22.7 Å². The van der Waals surface area contributed by atoms with Crippen LogP contribution in [0.25, 0.3) is 0 Å². The van der Waals surface area contributed by atoms with Crippen molar-refractivity contribution in [3.8, 4) is 0 Å². The van der Waals surface area contributed by atoms with Gasteiger partial charge < -0.3 is 23.7 Å². The van der Waals surface area contributed by atoms with E-state index in [0.717, 1.165) is 0 Å². The minimum Gasteiger partial charge on any atom is -0.462 e. The van der Waals surface area contributed by atoms with Gasteiger partial charge >= 0.3 is 29.8 Å². The van der Waals surface area contributed by atoms with Gasteiger partial charge in [0.15, 0.2) is 6.10 Å². The summed E-state index contributed by atoms with van der Waals surface area (Å²) in [5.74, 6) is -4.08. The smallest absolute Gasteiger partial charge is 0.338 e. The summed E-state index contributed by atoms with van der Waals surface area (Å²) in [5.41, 5.74) is 0.624. The van der Waals surface area contributed by atoms with Crippen LogP contribution in [0, 0.1) is 22.7 Å². The van der Waals surface area contributed by atoms with Gasteiger partial charge in [0.05, 0.1) is 11.1 Å². The lowest BCUT2D eigenvalue weighted by Crippen LogP contribution is -2.64. The van der Waals surface area contributed by atoms with Crippen molar-refractivity contribution >= 4 is 29.8 Å². The van der Waals surface area contributed by atoms with Crippen LogP contribution in [-0.2, 0) is 38.1 Å². The van der Waals surface area contributed by atoms with Gasteiger partial charge in [0.25, 0.3) is 0 Å². The molecule has 5 rings (SSSR count). The second kappa shape index (κ2) is 14.2. The van der Waals surface area contributed by atoms with Gasteiger partial charge in [-0.05, 0) is 72.6 Å². The van der Waals surface area contributed by atoms with E-state index in [4.69, 9.17) is 23.7 Å². The number of carbonyl (C=O) groups excluding carboxylic acids is 5. The van der Waals surface area contributed by atoms with E-state index in [1.807, 2.05) is 27.7 Å². The summed E-state index contributed by atoms with van der Waals surface area (Å²) in [5, 5.41) is 0. The molecule has 0 amide bonds. The molecular formula is C40H46O10. The number of carbonyl (C=O) groups is 5. The maximum atomic E-state index is 13.5. The Morgan fingerprint density at radius 3 is 1.70 bits per heavy atom. The molecule has 3 aliphatic carbocycles. The molecular weight excluding hydrogens is 640 g/mol. The summed E-state index contributed by atoms with van der Waals surface area (Å²) in [7, 11) is 0. The second-order valence-corrected chi connectivity index (χ2v) is 14.4.